The molecule has 2 aromatic carbocycles. The zero-order chi connectivity index (χ0) is 25.1. The molecule has 1 saturated heterocycles. The van der Waals surface area contributed by atoms with Crippen LogP contribution in [0.25, 0.3) is 20.7 Å². The van der Waals surface area contributed by atoms with E-state index in [9.17, 15) is 18.0 Å². The van der Waals surface area contributed by atoms with Crippen LogP contribution in [-0.4, -0.2) is 35.1 Å². The topological polar surface area (TPSA) is 54.5 Å². The number of fused-ring (bicyclic) bond motifs is 1. The number of nitrogens with zero attached hydrogens (tertiary/aromatic N) is 2. The summed E-state index contributed by atoms with van der Waals surface area (Å²) in [7, 11) is 0. The number of carbonyl (C=O) groups is 1. The number of carbonyl (C=O) groups excluding carboxylic acids is 1. The van der Waals surface area contributed by atoms with E-state index in [-0.39, 0.29) is 5.75 Å². The van der Waals surface area contributed by atoms with E-state index in [4.69, 9.17) is 0 Å². The number of pyridine rings is 1. The average molecular weight is 512 g/mol. The molecule has 0 atom stereocenters. The van der Waals surface area contributed by atoms with E-state index in [0.717, 1.165) is 46.0 Å². The fourth-order valence-corrected chi connectivity index (χ4v) is 5.38. The maximum absolute atomic E-state index is 12.5. The number of esters is 1. The number of likely N-dealkylation sites (tertiary alicyclic amines) is 1. The first-order chi connectivity index (χ1) is 17.3. The lowest BCUT2D eigenvalue weighted by molar-refractivity contribution is -0.189. The normalized spacial score (nSPS) is 14.6. The van der Waals surface area contributed by atoms with Gasteiger partial charge in [-0.05, 0) is 61.3 Å². The van der Waals surface area contributed by atoms with Crippen LogP contribution in [0.3, 0.4) is 0 Å². The van der Waals surface area contributed by atoms with Crippen LogP contribution < -0.4 is 10.1 Å². The number of benzene rings is 2. The molecule has 0 aliphatic carbocycles. The molecule has 0 unspecified atom stereocenters. The standard InChI is InChI=1S/C27H24F3N3O2S/c28-27(29,30)26(34)35-21-6-4-5-20(15-21)32-22-11-12-31-23-16-24(36-25(22)23)19-9-7-18(8-10-19)17-33-13-2-1-3-14-33/h4-12,15-16H,1-3,13-14,17H2,(H,31,32). The number of hydrogen-bond donors (Lipinski definition) is 1. The number of anilines is 2. The Kier molecular flexibility index (Phi) is 6.93. The zero-order valence-electron chi connectivity index (χ0n) is 19.3. The van der Waals surface area contributed by atoms with Gasteiger partial charge in [0.15, 0.2) is 0 Å². The van der Waals surface area contributed by atoms with Gasteiger partial charge in [-0.25, -0.2) is 4.79 Å². The van der Waals surface area contributed by atoms with E-state index in [1.54, 1.807) is 29.7 Å². The number of ether oxygens (including phenoxy) is 1. The third-order valence-electron chi connectivity index (χ3n) is 6.06. The number of rotatable bonds is 6. The lowest BCUT2D eigenvalue weighted by atomic mass is 10.1. The number of thiophene rings is 1. The molecule has 9 heteroatoms. The van der Waals surface area contributed by atoms with E-state index >= 15 is 0 Å². The third kappa shape index (κ3) is 5.68. The second-order valence-corrected chi connectivity index (χ2v) is 9.81. The highest BCUT2D eigenvalue weighted by Gasteiger charge is 2.41. The highest BCUT2D eigenvalue weighted by molar-refractivity contribution is 7.22. The minimum Gasteiger partial charge on any atom is -0.420 e. The van der Waals surface area contributed by atoms with Gasteiger partial charge in [0.05, 0.1) is 15.9 Å². The molecule has 0 amide bonds. The van der Waals surface area contributed by atoms with Gasteiger partial charge in [-0.2, -0.15) is 13.2 Å². The summed E-state index contributed by atoms with van der Waals surface area (Å²) in [6.07, 6.45) is 0.484. The number of nitrogens with one attached hydrogen (secondary N) is 1. The van der Waals surface area contributed by atoms with Gasteiger partial charge in [-0.3, -0.25) is 9.88 Å². The Bertz CT molecular complexity index is 1360. The fourth-order valence-electron chi connectivity index (χ4n) is 4.29. The monoisotopic (exact) mass is 511 g/mol. The summed E-state index contributed by atoms with van der Waals surface area (Å²) in [5, 5.41) is 3.21. The van der Waals surface area contributed by atoms with Crippen molar-refractivity contribution in [2.45, 2.75) is 32.0 Å². The van der Waals surface area contributed by atoms with E-state index in [0.29, 0.717) is 5.69 Å². The summed E-state index contributed by atoms with van der Waals surface area (Å²) in [6, 6.07) is 18.3. The van der Waals surface area contributed by atoms with Gasteiger partial charge in [0.25, 0.3) is 0 Å². The number of aromatic nitrogens is 1. The van der Waals surface area contributed by atoms with Crippen LogP contribution in [0.4, 0.5) is 24.5 Å². The molecule has 3 heterocycles. The molecule has 186 valence electrons. The van der Waals surface area contributed by atoms with Crippen molar-refractivity contribution in [3.05, 3.63) is 72.4 Å². The first kappa shape index (κ1) is 24.3. The summed E-state index contributed by atoms with van der Waals surface area (Å²) < 4.78 is 43.0. The van der Waals surface area contributed by atoms with Crippen molar-refractivity contribution >= 4 is 38.9 Å². The average Bonchev–Trinajstić information content (AvgIpc) is 3.30. The van der Waals surface area contributed by atoms with Crippen LogP contribution in [0, 0.1) is 0 Å². The van der Waals surface area contributed by atoms with Crippen molar-refractivity contribution in [3.8, 4) is 16.2 Å². The number of hydrogen-bond acceptors (Lipinski definition) is 6. The Balaban J connectivity index is 1.33. The fraction of sp³-hybridized carbons (Fsp3) is 0.259. The minimum absolute atomic E-state index is 0.191. The molecule has 0 spiro atoms. The Hall–Kier alpha value is -3.43. The maximum atomic E-state index is 12.5. The molecule has 4 aromatic rings. The van der Waals surface area contributed by atoms with Crippen molar-refractivity contribution in [3.63, 3.8) is 0 Å². The van der Waals surface area contributed by atoms with Gasteiger partial charge < -0.3 is 10.1 Å². The van der Waals surface area contributed by atoms with Crippen LogP contribution in [0.5, 0.6) is 5.75 Å². The summed E-state index contributed by atoms with van der Waals surface area (Å²) in [6.45, 7) is 3.29. The zero-order valence-corrected chi connectivity index (χ0v) is 20.2. The predicted molar refractivity (Wildman–Crippen MR) is 136 cm³/mol. The van der Waals surface area contributed by atoms with Crippen LogP contribution in [0.1, 0.15) is 24.8 Å². The van der Waals surface area contributed by atoms with Gasteiger partial charge in [-0.1, -0.05) is 36.8 Å². The number of piperidine rings is 1. The van der Waals surface area contributed by atoms with E-state index in [1.165, 1.54) is 43.0 Å². The second-order valence-electron chi connectivity index (χ2n) is 8.76. The van der Waals surface area contributed by atoms with E-state index < -0.39 is 12.1 Å². The molecular formula is C27H24F3N3O2S. The molecule has 1 fully saturated rings. The number of alkyl halides is 3. The molecular weight excluding hydrogens is 487 g/mol. The first-order valence-electron chi connectivity index (χ1n) is 11.7. The molecule has 5 rings (SSSR count). The van der Waals surface area contributed by atoms with Crippen molar-refractivity contribution in [1.29, 1.82) is 0 Å². The molecule has 2 aromatic heterocycles. The highest BCUT2D eigenvalue weighted by Crippen LogP contribution is 2.38. The smallest absolute Gasteiger partial charge is 0.420 e. The molecule has 1 N–H and O–H groups in total. The van der Waals surface area contributed by atoms with Crippen molar-refractivity contribution in [2.24, 2.45) is 0 Å². The molecule has 0 radical (unpaired) electrons. The summed E-state index contributed by atoms with van der Waals surface area (Å²) in [4.78, 5) is 19.2. The molecule has 0 saturated carbocycles. The lowest BCUT2D eigenvalue weighted by Gasteiger charge is -2.26. The lowest BCUT2D eigenvalue weighted by Crippen LogP contribution is -2.28. The summed E-state index contributed by atoms with van der Waals surface area (Å²) >= 11 is 1.59. The SMILES string of the molecule is O=C(Oc1cccc(Nc2ccnc3cc(-c4ccc(CN5CCCCC5)cc4)sc23)c1)C(F)(F)F. The van der Waals surface area contributed by atoms with Crippen LogP contribution in [-0.2, 0) is 11.3 Å². The van der Waals surface area contributed by atoms with E-state index in [1.807, 2.05) is 6.07 Å². The van der Waals surface area contributed by atoms with Crippen molar-refractivity contribution in [2.75, 3.05) is 18.4 Å². The quantitative estimate of drug-likeness (QED) is 0.220. The van der Waals surface area contributed by atoms with E-state index in [2.05, 4.69) is 44.2 Å². The Morgan fingerprint density at radius 2 is 1.81 bits per heavy atom. The first-order valence-corrected chi connectivity index (χ1v) is 12.5. The summed E-state index contributed by atoms with van der Waals surface area (Å²) in [5.74, 6) is -2.44. The number of halogens is 3. The molecule has 0 bridgehead atoms. The largest absolute Gasteiger partial charge is 0.491 e. The summed E-state index contributed by atoms with van der Waals surface area (Å²) in [5.41, 5.74) is 4.47. The van der Waals surface area contributed by atoms with Crippen molar-refractivity contribution < 1.29 is 22.7 Å². The maximum Gasteiger partial charge on any atom is 0.491 e. The molecule has 1 aliphatic rings. The Morgan fingerprint density at radius 1 is 1.03 bits per heavy atom. The molecule has 5 nitrogen and oxygen atoms in total. The van der Waals surface area contributed by atoms with Gasteiger partial charge >= 0.3 is 12.1 Å². The van der Waals surface area contributed by atoms with Crippen molar-refractivity contribution in [1.82, 2.24) is 9.88 Å². The third-order valence-corrected chi connectivity index (χ3v) is 7.27. The van der Waals surface area contributed by atoms with Crippen LogP contribution >= 0.6 is 11.3 Å². The molecule has 36 heavy (non-hydrogen) atoms. The van der Waals surface area contributed by atoms with Crippen LogP contribution in [0.2, 0.25) is 0 Å². The van der Waals surface area contributed by atoms with Gasteiger partial charge in [-0.15, -0.1) is 11.3 Å². The van der Waals surface area contributed by atoms with Gasteiger partial charge in [0, 0.05) is 29.4 Å². The van der Waals surface area contributed by atoms with Gasteiger partial charge in [0.2, 0.25) is 0 Å². The molecule has 1 aliphatic heterocycles. The van der Waals surface area contributed by atoms with Gasteiger partial charge in [0.1, 0.15) is 5.75 Å². The second kappa shape index (κ2) is 10.3. The van der Waals surface area contributed by atoms with Crippen LogP contribution in [0.15, 0.2) is 66.9 Å². The Labute approximate surface area is 210 Å². The predicted octanol–water partition coefficient (Wildman–Crippen LogP) is 7.16. The highest BCUT2D eigenvalue weighted by atomic mass is 32.1. The minimum atomic E-state index is -5.06. The Morgan fingerprint density at radius 3 is 2.56 bits per heavy atom.